The van der Waals surface area contributed by atoms with Crippen molar-refractivity contribution >= 4 is 35.2 Å². The number of thioether (sulfide) groups is 1. The molecule has 2 unspecified atom stereocenters. The number of para-hydroxylation sites is 1. The third kappa shape index (κ3) is 4.56. The van der Waals surface area contributed by atoms with E-state index in [9.17, 15) is 24.5 Å². The second kappa shape index (κ2) is 9.34. The predicted octanol–water partition coefficient (Wildman–Crippen LogP) is 2.77. The number of hydrogen-bond acceptors (Lipinski definition) is 8. The Morgan fingerprint density at radius 2 is 1.88 bits per heavy atom. The van der Waals surface area contributed by atoms with Crippen molar-refractivity contribution in [3.05, 3.63) is 70.3 Å². The Bertz CT molecular complexity index is 1110. The number of ether oxygens (including phenoxy) is 1. The van der Waals surface area contributed by atoms with Gasteiger partial charge in [-0.1, -0.05) is 18.2 Å². The molecule has 2 aromatic carbocycles. The minimum atomic E-state index is -0.927. The first-order valence-electron chi connectivity index (χ1n) is 10.5. The third-order valence-corrected chi connectivity index (χ3v) is 7.38. The first kappa shape index (κ1) is 23.6. The molecule has 0 bridgehead atoms. The van der Waals surface area contributed by atoms with Crippen molar-refractivity contribution in [3.8, 4) is 5.75 Å². The molecule has 2 aliphatic heterocycles. The quantitative estimate of drug-likeness (QED) is 0.254. The molecule has 0 N–H and O–H groups in total. The Morgan fingerprint density at radius 1 is 1.21 bits per heavy atom. The number of benzene rings is 2. The summed E-state index contributed by atoms with van der Waals surface area (Å²) >= 11 is 1.40. The number of nitro groups is 1. The molecule has 2 amide bonds. The van der Waals surface area contributed by atoms with Crippen LogP contribution < -0.4 is 4.84 Å². The number of β-lactam (4-membered cyclic amide) rings is 1. The lowest BCUT2D eigenvalue weighted by Gasteiger charge is -2.54. The van der Waals surface area contributed by atoms with Gasteiger partial charge in [0.2, 0.25) is 0 Å². The van der Waals surface area contributed by atoms with E-state index in [-0.39, 0.29) is 30.1 Å². The van der Waals surface area contributed by atoms with Crippen LogP contribution in [-0.4, -0.2) is 56.4 Å². The van der Waals surface area contributed by atoms with Crippen molar-refractivity contribution in [1.29, 1.82) is 0 Å². The summed E-state index contributed by atoms with van der Waals surface area (Å²) in [6.45, 7) is 3.21. The first-order chi connectivity index (χ1) is 16.2. The van der Waals surface area contributed by atoms with E-state index in [2.05, 4.69) is 0 Å². The number of carbonyl (C=O) groups excluding carboxylic acids is 3. The Hall–Kier alpha value is -3.60. The topological polar surface area (TPSA) is 119 Å². The minimum absolute atomic E-state index is 0.0277. The van der Waals surface area contributed by atoms with E-state index in [0.717, 1.165) is 5.06 Å². The number of carbonyl (C=O) groups is 3. The molecule has 34 heavy (non-hydrogen) atoms. The molecule has 2 aliphatic rings. The highest BCUT2D eigenvalue weighted by molar-refractivity contribution is 8.00. The van der Waals surface area contributed by atoms with Gasteiger partial charge in [0.25, 0.3) is 17.5 Å². The standard InChI is InChI=1S/C23H23N3O7S/c1-15(27)25(33-18-6-4-3-5-7-18)19-20(28)24-13-23(2,14-34-21(19)24)22(29)32-12-16-8-10-17(11-9-16)26(30)31/h3-11,19,21H,12-14H2,1-2H3/t19?,21-,23?/m1/s1. The van der Waals surface area contributed by atoms with Crippen molar-refractivity contribution in [3.63, 3.8) is 0 Å². The largest absolute Gasteiger partial charge is 0.460 e. The van der Waals surface area contributed by atoms with Crippen LogP contribution in [0.3, 0.4) is 0 Å². The zero-order valence-corrected chi connectivity index (χ0v) is 19.4. The SMILES string of the molecule is CC(=O)N(Oc1ccccc1)C1C(=O)N2CC(C)(C(=O)OCc3ccc([N+](=O)[O-])cc3)CS[C@H]12. The molecule has 0 radical (unpaired) electrons. The fraction of sp³-hybridized carbons (Fsp3) is 0.348. The lowest BCUT2D eigenvalue weighted by atomic mass is 9.89. The lowest BCUT2D eigenvalue weighted by molar-refractivity contribution is -0.384. The molecule has 10 nitrogen and oxygen atoms in total. The average Bonchev–Trinajstić information content (AvgIpc) is 2.83. The summed E-state index contributed by atoms with van der Waals surface area (Å²) < 4.78 is 5.46. The Labute approximate surface area is 199 Å². The van der Waals surface area contributed by atoms with Gasteiger partial charge in [0.15, 0.2) is 11.8 Å². The molecule has 0 spiro atoms. The highest BCUT2D eigenvalue weighted by Gasteiger charge is 2.59. The van der Waals surface area contributed by atoms with Gasteiger partial charge in [0, 0.05) is 31.4 Å². The minimum Gasteiger partial charge on any atom is -0.460 e. The maximum absolute atomic E-state index is 12.9. The molecular formula is C23H23N3O7S. The maximum Gasteiger partial charge on any atom is 0.314 e. The predicted molar refractivity (Wildman–Crippen MR) is 122 cm³/mol. The van der Waals surface area contributed by atoms with Crippen LogP contribution in [0, 0.1) is 15.5 Å². The van der Waals surface area contributed by atoms with Gasteiger partial charge in [0.05, 0.1) is 10.3 Å². The lowest BCUT2D eigenvalue weighted by Crippen LogP contribution is -2.74. The third-order valence-electron chi connectivity index (χ3n) is 5.73. The molecule has 11 heteroatoms. The molecule has 0 saturated carbocycles. The number of hydrogen-bond donors (Lipinski definition) is 0. The van der Waals surface area contributed by atoms with Crippen LogP contribution in [-0.2, 0) is 25.7 Å². The van der Waals surface area contributed by atoms with Gasteiger partial charge in [-0.25, -0.2) is 0 Å². The zero-order valence-electron chi connectivity index (χ0n) is 18.6. The van der Waals surface area contributed by atoms with Crippen molar-refractivity contribution in [2.45, 2.75) is 31.9 Å². The highest BCUT2D eigenvalue weighted by Crippen LogP contribution is 2.44. The smallest absolute Gasteiger partial charge is 0.314 e. The fourth-order valence-electron chi connectivity index (χ4n) is 3.83. The van der Waals surface area contributed by atoms with Crippen LogP contribution >= 0.6 is 11.8 Å². The number of esters is 1. The molecular weight excluding hydrogens is 462 g/mol. The summed E-state index contributed by atoms with van der Waals surface area (Å²) in [5.74, 6) is -0.300. The van der Waals surface area contributed by atoms with E-state index in [1.807, 2.05) is 6.07 Å². The van der Waals surface area contributed by atoms with Crippen molar-refractivity contribution in [2.24, 2.45) is 5.41 Å². The molecule has 2 saturated heterocycles. The van der Waals surface area contributed by atoms with Gasteiger partial charge in [-0.15, -0.1) is 11.8 Å². The number of fused-ring (bicyclic) bond motifs is 1. The van der Waals surface area contributed by atoms with Gasteiger partial charge in [0.1, 0.15) is 12.0 Å². The van der Waals surface area contributed by atoms with Gasteiger partial charge in [-0.05, 0) is 36.8 Å². The maximum atomic E-state index is 12.9. The fourth-order valence-corrected chi connectivity index (χ4v) is 5.35. The van der Waals surface area contributed by atoms with E-state index in [4.69, 9.17) is 9.57 Å². The summed E-state index contributed by atoms with van der Waals surface area (Å²) in [4.78, 5) is 55.5. The van der Waals surface area contributed by atoms with E-state index in [1.54, 1.807) is 36.1 Å². The average molecular weight is 486 g/mol. The monoisotopic (exact) mass is 485 g/mol. The van der Waals surface area contributed by atoms with Crippen LogP contribution in [0.4, 0.5) is 5.69 Å². The summed E-state index contributed by atoms with van der Waals surface area (Å²) in [5, 5.41) is 11.5. The molecule has 4 rings (SSSR count). The van der Waals surface area contributed by atoms with Crippen LogP contribution in [0.2, 0.25) is 0 Å². The van der Waals surface area contributed by atoms with Gasteiger partial charge in [-0.2, -0.15) is 5.06 Å². The number of rotatable bonds is 7. The van der Waals surface area contributed by atoms with Gasteiger partial charge in [-0.3, -0.25) is 24.5 Å². The van der Waals surface area contributed by atoms with E-state index < -0.39 is 28.3 Å². The molecule has 2 fully saturated rings. The van der Waals surface area contributed by atoms with Gasteiger partial charge < -0.3 is 14.5 Å². The van der Waals surface area contributed by atoms with Crippen LogP contribution in [0.5, 0.6) is 5.75 Å². The van der Waals surface area contributed by atoms with E-state index in [0.29, 0.717) is 17.1 Å². The van der Waals surface area contributed by atoms with Gasteiger partial charge >= 0.3 is 5.97 Å². The second-order valence-electron chi connectivity index (χ2n) is 8.42. The summed E-state index contributed by atoms with van der Waals surface area (Å²) in [6, 6.07) is 13.7. The van der Waals surface area contributed by atoms with E-state index >= 15 is 0 Å². The summed E-state index contributed by atoms with van der Waals surface area (Å²) in [7, 11) is 0. The molecule has 178 valence electrons. The van der Waals surface area contributed by atoms with Crippen molar-refractivity contribution in [2.75, 3.05) is 12.3 Å². The molecule has 0 aliphatic carbocycles. The first-order valence-corrected chi connectivity index (χ1v) is 11.6. The summed E-state index contributed by atoms with van der Waals surface area (Å²) in [5.41, 5.74) is -0.346. The van der Waals surface area contributed by atoms with Crippen LogP contribution in [0.25, 0.3) is 0 Å². The van der Waals surface area contributed by atoms with E-state index in [1.165, 1.54) is 43.0 Å². The number of nitro benzene ring substituents is 1. The second-order valence-corrected chi connectivity index (χ2v) is 9.53. The summed E-state index contributed by atoms with van der Waals surface area (Å²) in [6.07, 6.45) is 0. The normalized spacial score (nSPS) is 23.4. The number of amides is 2. The van der Waals surface area contributed by atoms with Crippen molar-refractivity contribution < 1.29 is 28.9 Å². The molecule has 0 aromatic heterocycles. The van der Waals surface area contributed by atoms with Crippen LogP contribution in [0.15, 0.2) is 54.6 Å². The van der Waals surface area contributed by atoms with Crippen LogP contribution in [0.1, 0.15) is 19.4 Å². The molecule has 2 heterocycles. The Morgan fingerprint density at radius 3 is 2.50 bits per heavy atom. The Kier molecular flexibility index (Phi) is 6.47. The zero-order chi connectivity index (χ0) is 24.5. The highest BCUT2D eigenvalue weighted by atomic mass is 32.2. The van der Waals surface area contributed by atoms with Crippen molar-refractivity contribution in [1.82, 2.24) is 9.96 Å². The number of non-ortho nitro benzene ring substituents is 1. The molecule has 2 aromatic rings. The Balaban J connectivity index is 1.37. The number of hydroxylamine groups is 2. The number of nitrogens with zero attached hydrogens (tertiary/aromatic N) is 3. The molecule has 3 atom stereocenters.